The minimum absolute atomic E-state index is 0.147. The second kappa shape index (κ2) is 5.78. The van der Waals surface area contributed by atoms with E-state index in [1.165, 1.54) is 0 Å². The summed E-state index contributed by atoms with van der Waals surface area (Å²) in [7, 11) is 0. The molecule has 1 aromatic rings. The van der Waals surface area contributed by atoms with Crippen LogP contribution < -0.4 is 0 Å². The van der Waals surface area contributed by atoms with Crippen LogP contribution in [-0.4, -0.2) is 59.4 Å². The zero-order valence-electron chi connectivity index (χ0n) is 15.1. The maximum atomic E-state index is 13.2. The fourth-order valence-corrected chi connectivity index (χ4v) is 5.38. The van der Waals surface area contributed by atoms with E-state index >= 15 is 0 Å². The lowest BCUT2D eigenvalue weighted by atomic mass is 9.78. The highest BCUT2D eigenvalue weighted by atomic mass is 16.5. The van der Waals surface area contributed by atoms with Crippen molar-refractivity contribution in [1.82, 2.24) is 14.8 Å². The predicted octanol–water partition coefficient (Wildman–Crippen LogP) is 1.17. The minimum atomic E-state index is -0.391. The van der Waals surface area contributed by atoms with Crippen molar-refractivity contribution in [2.45, 2.75) is 19.9 Å². The highest BCUT2D eigenvalue weighted by Crippen LogP contribution is 2.53. The monoisotopic (exact) mass is 355 g/mol. The topological polar surface area (TPSA) is 62.7 Å². The maximum Gasteiger partial charge on any atom is 0.231 e. The lowest BCUT2D eigenvalue weighted by Gasteiger charge is -2.26. The fraction of sp³-hybridized carbons (Fsp3) is 0.650. The van der Waals surface area contributed by atoms with Gasteiger partial charge in [-0.25, -0.2) is 0 Å². The molecule has 0 aromatic carbocycles. The molecule has 2 amide bonds. The summed E-state index contributed by atoms with van der Waals surface area (Å²) in [5, 5.41) is 0. The van der Waals surface area contributed by atoms with Crippen LogP contribution in [0.3, 0.4) is 0 Å². The van der Waals surface area contributed by atoms with Gasteiger partial charge in [-0.15, -0.1) is 0 Å². The van der Waals surface area contributed by atoms with E-state index in [4.69, 9.17) is 4.74 Å². The molecule has 0 bridgehead atoms. The van der Waals surface area contributed by atoms with E-state index < -0.39 is 5.41 Å². The standard InChI is InChI=1S/C20H25N3O3/c1-13-8-23(18(24)17-15-10-26-11-16(15)17)12-20(13)4-6-22(19(20)25)9-14-3-2-5-21-7-14/h2-3,5,7,13,15-17H,4,6,8-12H2,1H3/t13-,15-,16+,17?,20-/m1/s1. The number of ether oxygens (including phenoxy) is 1. The number of carbonyl (C=O) groups excluding carboxylic acids is 2. The molecule has 3 saturated heterocycles. The van der Waals surface area contributed by atoms with Gasteiger partial charge in [-0.3, -0.25) is 14.6 Å². The number of pyridine rings is 1. The van der Waals surface area contributed by atoms with Crippen LogP contribution in [0, 0.1) is 29.1 Å². The molecule has 0 radical (unpaired) electrons. The first-order chi connectivity index (χ1) is 12.6. The van der Waals surface area contributed by atoms with Crippen LogP contribution in [0.15, 0.2) is 24.5 Å². The number of hydrogen-bond acceptors (Lipinski definition) is 4. The number of carbonyl (C=O) groups is 2. The molecular weight excluding hydrogens is 330 g/mol. The van der Waals surface area contributed by atoms with Crippen molar-refractivity contribution < 1.29 is 14.3 Å². The van der Waals surface area contributed by atoms with Gasteiger partial charge in [0, 0.05) is 44.5 Å². The zero-order valence-corrected chi connectivity index (χ0v) is 15.1. The smallest absolute Gasteiger partial charge is 0.231 e. The van der Waals surface area contributed by atoms with Gasteiger partial charge < -0.3 is 14.5 Å². The van der Waals surface area contributed by atoms with Crippen LogP contribution in [0.4, 0.5) is 0 Å². The highest BCUT2D eigenvalue weighted by Gasteiger charge is 2.62. The van der Waals surface area contributed by atoms with E-state index in [0.717, 1.165) is 31.7 Å². The Kier molecular flexibility index (Phi) is 3.61. The molecule has 5 atom stereocenters. The van der Waals surface area contributed by atoms with Crippen LogP contribution >= 0.6 is 0 Å². The van der Waals surface area contributed by atoms with Crippen molar-refractivity contribution in [3.63, 3.8) is 0 Å². The Labute approximate surface area is 153 Å². The molecule has 26 heavy (non-hydrogen) atoms. The van der Waals surface area contributed by atoms with Crippen molar-refractivity contribution in [1.29, 1.82) is 0 Å². The molecule has 6 nitrogen and oxygen atoms in total. The van der Waals surface area contributed by atoms with Crippen LogP contribution in [-0.2, 0) is 20.9 Å². The molecule has 1 spiro atoms. The maximum absolute atomic E-state index is 13.2. The number of likely N-dealkylation sites (tertiary alicyclic amines) is 2. The van der Waals surface area contributed by atoms with Gasteiger partial charge in [0.05, 0.1) is 18.6 Å². The van der Waals surface area contributed by atoms with E-state index in [1.54, 1.807) is 6.20 Å². The molecule has 5 rings (SSSR count). The summed E-state index contributed by atoms with van der Waals surface area (Å²) < 4.78 is 5.42. The largest absolute Gasteiger partial charge is 0.381 e. The number of fused-ring (bicyclic) bond motifs is 1. The quantitative estimate of drug-likeness (QED) is 0.817. The zero-order chi connectivity index (χ0) is 17.9. The summed E-state index contributed by atoms with van der Waals surface area (Å²) in [4.78, 5) is 34.2. The summed E-state index contributed by atoms with van der Waals surface area (Å²) in [5.41, 5.74) is 0.667. The van der Waals surface area contributed by atoms with Crippen molar-refractivity contribution >= 4 is 11.8 Å². The lowest BCUT2D eigenvalue weighted by Crippen LogP contribution is -2.40. The van der Waals surface area contributed by atoms with Crippen LogP contribution in [0.5, 0.6) is 0 Å². The normalized spacial score (nSPS) is 38.3. The summed E-state index contributed by atoms with van der Waals surface area (Å²) >= 11 is 0. The fourth-order valence-electron chi connectivity index (χ4n) is 5.38. The van der Waals surface area contributed by atoms with E-state index in [2.05, 4.69) is 11.9 Å². The molecule has 1 unspecified atom stereocenters. The number of rotatable bonds is 3. The van der Waals surface area contributed by atoms with Gasteiger partial charge in [-0.05, 0) is 35.8 Å². The van der Waals surface area contributed by atoms with Crippen molar-refractivity contribution in [2.75, 3.05) is 32.8 Å². The lowest BCUT2D eigenvalue weighted by molar-refractivity contribution is -0.138. The number of aromatic nitrogens is 1. The van der Waals surface area contributed by atoms with Crippen molar-refractivity contribution in [2.24, 2.45) is 29.1 Å². The Morgan fingerprint density at radius 3 is 2.92 bits per heavy atom. The summed E-state index contributed by atoms with van der Waals surface area (Å²) in [6, 6.07) is 3.91. The predicted molar refractivity (Wildman–Crippen MR) is 93.7 cm³/mol. The van der Waals surface area contributed by atoms with Gasteiger partial charge >= 0.3 is 0 Å². The van der Waals surface area contributed by atoms with Gasteiger partial charge in [-0.2, -0.15) is 0 Å². The van der Waals surface area contributed by atoms with Gasteiger partial charge in [-0.1, -0.05) is 13.0 Å². The molecule has 1 aromatic heterocycles. The Hall–Kier alpha value is -1.95. The second-order valence-electron chi connectivity index (χ2n) is 8.50. The molecule has 3 aliphatic heterocycles. The Balaban J connectivity index is 1.28. The third-order valence-electron chi connectivity index (χ3n) is 7.10. The Morgan fingerprint density at radius 1 is 1.38 bits per heavy atom. The van der Waals surface area contributed by atoms with Crippen molar-refractivity contribution in [3.05, 3.63) is 30.1 Å². The summed E-state index contributed by atoms with van der Waals surface area (Å²) in [5.74, 6) is 1.68. The van der Waals surface area contributed by atoms with E-state index in [-0.39, 0.29) is 23.7 Å². The summed E-state index contributed by atoms with van der Waals surface area (Å²) in [6.07, 6.45) is 4.41. The number of nitrogens with zero attached hydrogens (tertiary/aromatic N) is 3. The van der Waals surface area contributed by atoms with Crippen LogP contribution in [0.25, 0.3) is 0 Å². The van der Waals surface area contributed by atoms with Gasteiger partial charge in [0.1, 0.15) is 0 Å². The Morgan fingerprint density at radius 2 is 2.19 bits per heavy atom. The molecular formula is C20H25N3O3. The molecule has 1 saturated carbocycles. The molecule has 4 heterocycles. The average molecular weight is 355 g/mol. The van der Waals surface area contributed by atoms with E-state index in [9.17, 15) is 9.59 Å². The molecule has 138 valence electrons. The summed E-state index contributed by atoms with van der Waals surface area (Å²) in [6.45, 7) is 6.27. The number of hydrogen-bond donors (Lipinski definition) is 0. The van der Waals surface area contributed by atoms with Gasteiger partial charge in [0.15, 0.2) is 0 Å². The third-order valence-corrected chi connectivity index (χ3v) is 7.10. The van der Waals surface area contributed by atoms with E-state index in [0.29, 0.717) is 31.5 Å². The second-order valence-corrected chi connectivity index (χ2v) is 8.50. The molecule has 0 N–H and O–H groups in total. The number of amides is 2. The first kappa shape index (κ1) is 16.2. The molecule has 6 heteroatoms. The van der Waals surface area contributed by atoms with Crippen molar-refractivity contribution in [3.8, 4) is 0 Å². The first-order valence-corrected chi connectivity index (χ1v) is 9.65. The van der Waals surface area contributed by atoms with Crippen LogP contribution in [0.1, 0.15) is 18.9 Å². The third kappa shape index (κ3) is 2.31. The SMILES string of the molecule is C[C@@H]1CN(C(=O)C2[C@H]3COC[C@@H]23)C[C@]12CCN(Cc1cccnc1)C2=O. The average Bonchev–Trinajstić information content (AvgIpc) is 2.96. The first-order valence-electron chi connectivity index (χ1n) is 9.65. The Bertz CT molecular complexity index is 729. The van der Waals surface area contributed by atoms with Gasteiger partial charge in [0.2, 0.25) is 11.8 Å². The van der Waals surface area contributed by atoms with E-state index in [1.807, 2.05) is 28.1 Å². The van der Waals surface area contributed by atoms with Crippen LogP contribution in [0.2, 0.25) is 0 Å². The molecule has 4 fully saturated rings. The minimum Gasteiger partial charge on any atom is -0.381 e. The molecule has 1 aliphatic carbocycles. The molecule has 4 aliphatic rings. The van der Waals surface area contributed by atoms with Gasteiger partial charge in [0.25, 0.3) is 0 Å². The highest BCUT2D eigenvalue weighted by molar-refractivity contribution is 5.89.